The minimum Gasteiger partial charge on any atom is -0.278 e. The molecule has 0 fully saturated rings. The van der Waals surface area contributed by atoms with Gasteiger partial charge in [-0.15, -0.1) is 0 Å². The summed E-state index contributed by atoms with van der Waals surface area (Å²) < 4.78 is 78.8. The molecule has 9 heteroatoms. The molecular weight excluding hydrogens is 425 g/mol. The average Bonchev–Trinajstić information content (AvgIpc) is 2.30. The van der Waals surface area contributed by atoms with E-state index in [0.29, 0.717) is 0 Å². The SMILES string of the molecule is O=S(=O)(Nc1ccc(F)cc1I)c1c(F)cc(F)cc1F. The zero-order chi connectivity index (χ0) is 15.8. The maximum absolute atomic E-state index is 13.5. The molecule has 2 aromatic rings. The molecule has 0 spiro atoms. The van der Waals surface area contributed by atoms with Crippen molar-refractivity contribution in [3.05, 3.63) is 57.2 Å². The second kappa shape index (κ2) is 5.79. The van der Waals surface area contributed by atoms with Gasteiger partial charge in [-0.2, -0.15) is 0 Å². The monoisotopic (exact) mass is 431 g/mol. The van der Waals surface area contributed by atoms with Crippen LogP contribution in [0, 0.1) is 26.8 Å². The van der Waals surface area contributed by atoms with E-state index in [-0.39, 0.29) is 21.4 Å². The van der Waals surface area contributed by atoms with Gasteiger partial charge in [0.2, 0.25) is 0 Å². The van der Waals surface area contributed by atoms with Crippen molar-refractivity contribution in [2.24, 2.45) is 0 Å². The van der Waals surface area contributed by atoms with Crippen LogP contribution in [0.25, 0.3) is 0 Å². The Kier molecular flexibility index (Phi) is 4.42. The Balaban J connectivity index is 2.48. The Bertz CT molecular complexity index is 788. The molecule has 0 aliphatic rings. The Hall–Kier alpha value is -1.36. The third-order valence-electron chi connectivity index (χ3n) is 2.41. The van der Waals surface area contributed by atoms with Gasteiger partial charge in [-0.25, -0.2) is 26.0 Å². The van der Waals surface area contributed by atoms with Gasteiger partial charge in [0.05, 0.1) is 5.69 Å². The van der Waals surface area contributed by atoms with E-state index in [1.54, 1.807) is 22.6 Å². The van der Waals surface area contributed by atoms with Crippen LogP contribution in [0.15, 0.2) is 35.2 Å². The molecule has 2 aromatic carbocycles. The molecule has 3 nitrogen and oxygen atoms in total. The summed E-state index contributed by atoms with van der Waals surface area (Å²) in [6.07, 6.45) is 0. The molecular formula is C12H6F4INO2S. The lowest BCUT2D eigenvalue weighted by molar-refractivity contribution is 0.498. The maximum Gasteiger partial charge on any atom is 0.267 e. The molecule has 112 valence electrons. The summed E-state index contributed by atoms with van der Waals surface area (Å²) >= 11 is 1.65. The summed E-state index contributed by atoms with van der Waals surface area (Å²) in [5.41, 5.74) is -0.0554. The van der Waals surface area contributed by atoms with Crippen LogP contribution in [-0.2, 0) is 10.0 Å². The molecule has 0 saturated heterocycles. The summed E-state index contributed by atoms with van der Waals surface area (Å²) in [5.74, 6) is -4.95. The summed E-state index contributed by atoms with van der Waals surface area (Å²) in [5, 5.41) is 0. The number of sulfonamides is 1. The Morgan fingerprint density at radius 1 is 0.905 bits per heavy atom. The highest BCUT2D eigenvalue weighted by molar-refractivity contribution is 14.1. The van der Waals surface area contributed by atoms with Crippen LogP contribution in [-0.4, -0.2) is 8.42 Å². The van der Waals surface area contributed by atoms with Crippen molar-refractivity contribution in [2.45, 2.75) is 4.90 Å². The van der Waals surface area contributed by atoms with Crippen LogP contribution < -0.4 is 4.72 Å². The molecule has 2 rings (SSSR count). The summed E-state index contributed by atoms with van der Waals surface area (Å²) in [6, 6.07) is 3.64. The van der Waals surface area contributed by atoms with Crippen molar-refractivity contribution in [3.8, 4) is 0 Å². The van der Waals surface area contributed by atoms with Crippen LogP contribution in [0.3, 0.4) is 0 Å². The van der Waals surface area contributed by atoms with Gasteiger partial charge in [-0.3, -0.25) is 4.72 Å². The fourth-order valence-electron chi connectivity index (χ4n) is 1.55. The van der Waals surface area contributed by atoms with Crippen molar-refractivity contribution < 1.29 is 26.0 Å². The minimum absolute atomic E-state index is 0.0554. The molecule has 0 radical (unpaired) electrons. The van der Waals surface area contributed by atoms with Crippen molar-refractivity contribution in [3.63, 3.8) is 0 Å². The molecule has 0 aromatic heterocycles. The molecule has 0 unspecified atom stereocenters. The van der Waals surface area contributed by atoms with E-state index in [0.717, 1.165) is 18.2 Å². The number of halogens is 5. The number of anilines is 1. The van der Waals surface area contributed by atoms with E-state index in [4.69, 9.17) is 0 Å². The highest BCUT2D eigenvalue weighted by Crippen LogP contribution is 2.26. The molecule has 0 saturated carbocycles. The second-order valence-corrected chi connectivity index (χ2v) is 6.71. The Morgan fingerprint density at radius 3 is 2.00 bits per heavy atom. The third kappa shape index (κ3) is 3.46. The topological polar surface area (TPSA) is 46.2 Å². The van der Waals surface area contributed by atoms with Gasteiger partial charge in [0.15, 0.2) is 4.90 Å². The second-order valence-electron chi connectivity index (χ2n) is 3.93. The summed E-state index contributed by atoms with van der Waals surface area (Å²) in [4.78, 5) is -1.30. The van der Waals surface area contributed by atoms with Gasteiger partial charge < -0.3 is 0 Å². The number of hydrogen-bond donors (Lipinski definition) is 1. The van der Waals surface area contributed by atoms with Gasteiger partial charge in [0.1, 0.15) is 23.3 Å². The van der Waals surface area contributed by atoms with Gasteiger partial charge in [0, 0.05) is 15.7 Å². The first kappa shape index (κ1) is 16.0. The molecule has 0 aliphatic heterocycles. The third-order valence-corrected chi connectivity index (χ3v) is 4.72. The van der Waals surface area contributed by atoms with Crippen LogP contribution >= 0.6 is 22.6 Å². The van der Waals surface area contributed by atoms with Crippen LogP contribution in [0.2, 0.25) is 0 Å². The quantitative estimate of drug-likeness (QED) is 0.596. The molecule has 0 bridgehead atoms. The number of hydrogen-bond acceptors (Lipinski definition) is 2. The lowest BCUT2D eigenvalue weighted by Gasteiger charge is -2.11. The fraction of sp³-hybridized carbons (Fsp3) is 0. The van der Waals surface area contributed by atoms with Crippen LogP contribution in [0.5, 0.6) is 0 Å². The fourth-order valence-corrected chi connectivity index (χ4v) is 3.55. The lowest BCUT2D eigenvalue weighted by Crippen LogP contribution is -2.17. The summed E-state index contributed by atoms with van der Waals surface area (Å²) in [6.45, 7) is 0. The Morgan fingerprint density at radius 2 is 1.48 bits per heavy atom. The molecule has 1 N–H and O–H groups in total. The van der Waals surface area contributed by atoms with Gasteiger partial charge in [-0.1, -0.05) is 0 Å². The number of rotatable bonds is 3. The standard InChI is InChI=1S/C12H6F4INO2S/c13-6-1-2-11(10(17)5-6)18-21(19,20)12-8(15)3-7(14)4-9(12)16/h1-5,18H. The van der Waals surface area contributed by atoms with E-state index < -0.39 is 38.2 Å². The van der Waals surface area contributed by atoms with E-state index in [1.165, 1.54) is 0 Å². The minimum atomic E-state index is -4.62. The molecule has 21 heavy (non-hydrogen) atoms. The molecule has 0 amide bonds. The normalized spacial score (nSPS) is 11.5. The first-order valence-electron chi connectivity index (χ1n) is 5.33. The van der Waals surface area contributed by atoms with Crippen LogP contribution in [0.1, 0.15) is 0 Å². The molecule has 0 heterocycles. The molecule has 0 atom stereocenters. The lowest BCUT2D eigenvalue weighted by atomic mass is 10.3. The van der Waals surface area contributed by atoms with Gasteiger partial charge in [-0.05, 0) is 40.8 Å². The highest BCUT2D eigenvalue weighted by Gasteiger charge is 2.25. The van der Waals surface area contributed by atoms with Crippen LogP contribution in [0.4, 0.5) is 23.2 Å². The van der Waals surface area contributed by atoms with Crippen molar-refractivity contribution >= 4 is 38.3 Å². The first-order valence-corrected chi connectivity index (χ1v) is 7.89. The number of benzene rings is 2. The largest absolute Gasteiger partial charge is 0.278 e. The van der Waals surface area contributed by atoms with Crippen molar-refractivity contribution in [2.75, 3.05) is 4.72 Å². The predicted octanol–water partition coefficient (Wildman–Crippen LogP) is 3.65. The molecule has 0 aliphatic carbocycles. The van der Waals surface area contributed by atoms with E-state index in [2.05, 4.69) is 0 Å². The zero-order valence-electron chi connectivity index (χ0n) is 10.0. The predicted molar refractivity (Wildman–Crippen MR) is 76.2 cm³/mol. The van der Waals surface area contributed by atoms with E-state index >= 15 is 0 Å². The number of nitrogens with one attached hydrogen (secondary N) is 1. The smallest absolute Gasteiger partial charge is 0.267 e. The Labute approximate surface area is 131 Å². The average molecular weight is 431 g/mol. The zero-order valence-corrected chi connectivity index (χ0v) is 13.0. The maximum atomic E-state index is 13.5. The highest BCUT2D eigenvalue weighted by atomic mass is 127. The van der Waals surface area contributed by atoms with E-state index in [9.17, 15) is 26.0 Å². The first-order chi connectivity index (χ1) is 9.70. The van der Waals surface area contributed by atoms with Gasteiger partial charge >= 0.3 is 0 Å². The van der Waals surface area contributed by atoms with Crippen molar-refractivity contribution in [1.82, 2.24) is 0 Å². The van der Waals surface area contributed by atoms with Crippen molar-refractivity contribution in [1.29, 1.82) is 0 Å². The van der Waals surface area contributed by atoms with Gasteiger partial charge in [0.25, 0.3) is 10.0 Å². The van der Waals surface area contributed by atoms with E-state index in [1.807, 2.05) is 4.72 Å². The summed E-state index contributed by atoms with van der Waals surface area (Å²) in [7, 11) is -4.62.